The predicted molar refractivity (Wildman–Crippen MR) is 167 cm³/mol. The highest BCUT2D eigenvalue weighted by molar-refractivity contribution is 6.11. The van der Waals surface area contributed by atoms with Crippen molar-refractivity contribution < 1.29 is 33.4 Å². The van der Waals surface area contributed by atoms with Crippen molar-refractivity contribution in [3.8, 4) is 23.0 Å². The molecule has 0 spiro atoms. The molecule has 1 aliphatic rings. The molecule has 228 valence electrons. The number of hydrogen-bond donors (Lipinski definition) is 2. The van der Waals surface area contributed by atoms with Gasteiger partial charge in [0.2, 0.25) is 0 Å². The van der Waals surface area contributed by atoms with Gasteiger partial charge in [0.1, 0.15) is 34.2 Å². The van der Waals surface area contributed by atoms with E-state index in [-0.39, 0.29) is 28.8 Å². The third-order valence-electron chi connectivity index (χ3n) is 7.16. The van der Waals surface area contributed by atoms with E-state index in [4.69, 9.17) is 14.2 Å². The largest absolute Gasteiger partial charge is 0.506 e. The van der Waals surface area contributed by atoms with Gasteiger partial charge in [-0.1, -0.05) is 44.4 Å². The Labute approximate surface area is 250 Å². The Hall–Kier alpha value is -3.78. The van der Waals surface area contributed by atoms with Gasteiger partial charge in [-0.25, -0.2) is 0 Å². The molecule has 0 saturated heterocycles. The lowest BCUT2D eigenvalue weighted by Crippen LogP contribution is -2.48. The Bertz CT molecular complexity index is 1280. The number of unbranched alkanes of at least 4 members (excludes halogenated alkanes) is 3. The van der Waals surface area contributed by atoms with Crippen LogP contribution in [0, 0.1) is 0 Å². The molecule has 1 amide bonds. The molecule has 1 aliphatic heterocycles. The van der Waals surface area contributed by atoms with Gasteiger partial charge in [0.05, 0.1) is 39.9 Å². The van der Waals surface area contributed by atoms with Crippen molar-refractivity contribution in [3.63, 3.8) is 0 Å². The molecular formula is C34H47N2O6+. The normalized spacial score (nSPS) is 13.9. The number of likely N-dealkylation sites (N-methyl/N-ethyl adjacent to an activating group) is 1. The number of hydrogen-bond acceptors (Lipinski definition) is 6. The Morgan fingerprint density at radius 1 is 1.10 bits per heavy atom. The maximum atomic E-state index is 13.1. The first-order valence-corrected chi connectivity index (χ1v) is 14.8. The van der Waals surface area contributed by atoms with Crippen LogP contribution in [0.5, 0.6) is 23.0 Å². The number of nitrogens with one attached hydrogen (secondary N) is 1. The summed E-state index contributed by atoms with van der Waals surface area (Å²) in [7, 11) is 5.57. The maximum absolute atomic E-state index is 13.1. The third-order valence-corrected chi connectivity index (χ3v) is 7.16. The molecule has 0 aromatic heterocycles. The lowest BCUT2D eigenvalue weighted by Gasteiger charge is -2.29. The number of aromatic hydroxyl groups is 1. The smallest absolute Gasteiger partial charge is 0.275 e. The summed E-state index contributed by atoms with van der Waals surface area (Å²) in [5, 5.41) is 13.9. The zero-order valence-corrected chi connectivity index (χ0v) is 26.0. The summed E-state index contributed by atoms with van der Waals surface area (Å²) in [5.41, 5.74) is 0.838. The highest BCUT2D eigenvalue weighted by Crippen LogP contribution is 2.43. The summed E-state index contributed by atoms with van der Waals surface area (Å²) < 4.78 is 17.8. The fourth-order valence-corrected chi connectivity index (χ4v) is 4.80. The van der Waals surface area contributed by atoms with Crippen molar-refractivity contribution in [1.29, 1.82) is 0 Å². The molecule has 2 N–H and O–H groups in total. The number of amides is 1. The van der Waals surface area contributed by atoms with Crippen molar-refractivity contribution in [1.82, 2.24) is 5.32 Å². The molecule has 0 bridgehead atoms. The number of allylic oxidation sites excluding steroid dienone is 1. The summed E-state index contributed by atoms with van der Waals surface area (Å²) >= 11 is 0. The Morgan fingerprint density at radius 2 is 1.83 bits per heavy atom. The van der Waals surface area contributed by atoms with Crippen LogP contribution < -0.4 is 19.5 Å². The van der Waals surface area contributed by atoms with E-state index in [0.29, 0.717) is 28.9 Å². The number of fused-ring (bicyclic) bond motifs is 1. The number of nitrogens with zero attached hydrogens (tertiary/aromatic N) is 1. The average Bonchev–Trinajstić information content (AvgIpc) is 2.93. The summed E-state index contributed by atoms with van der Waals surface area (Å²) in [6, 6.07) is 9.09. The summed E-state index contributed by atoms with van der Waals surface area (Å²) in [6.07, 6.45) is 12.1. The molecule has 0 unspecified atom stereocenters. The van der Waals surface area contributed by atoms with Crippen molar-refractivity contribution in [2.75, 3.05) is 47.4 Å². The maximum Gasteiger partial charge on any atom is 0.275 e. The SMILES string of the molecule is CCCCCCNC(=O)C[N+](C)(C)CCCOc1ccc(/C=C/C(=O)c2c(OC)cc3c(c2O)C=CC(C)(C)O3)cc1. The van der Waals surface area contributed by atoms with Gasteiger partial charge >= 0.3 is 0 Å². The molecule has 42 heavy (non-hydrogen) atoms. The third kappa shape index (κ3) is 9.65. The second-order valence-electron chi connectivity index (χ2n) is 11.9. The first-order valence-electron chi connectivity index (χ1n) is 14.8. The lowest BCUT2D eigenvalue weighted by atomic mass is 9.97. The van der Waals surface area contributed by atoms with Gasteiger partial charge in [-0.15, -0.1) is 0 Å². The standard InChI is InChI=1S/C34H46N2O6/c1-7-8-9-10-20-35-31(38)24-36(4,5)21-11-22-41-26-15-12-25(13-16-26)14-17-28(37)32-30(40-6)23-29-27(33(32)39)18-19-34(2,3)42-29/h12-19,23H,7-11,20-22,24H2,1-6H3,(H-,35,37,38,39)/p+1/b17-14+. The monoisotopic (exact) mass is 579 g/mol. The minimum Gasteiger partial charge on any atom is -0.506 e. The van der Waals surface area contributed by atoms with Crippen LogP contribution in [0.1, 0.15) is 74.4 Å². The molecule has 8 heteroatoms. The molecule has 0 aliphatic carbocycles. The predicted octanol–water partition coefficient (Wildman–Crippen LogP) is 6.02. The van der Waals surface area contributed by atoms with Gasteiger partial charge in [0, 0.05) is 19.0 Å². The lowest BCUT2D eigenvalue weighted by molar-refractivity contribution is -0.882. The fourth-order valence-electron chi connectivity index (χ4n) is 4.80. The number of phenols is 1. The number of rotatable bonds is 16. The second-order valence-corrected chi connectivity index (χ2v) is 11.9. The van der Waals surface area contributed by atoms with Gasteiger partial charge in [-0.3, -0.25) is 9.59 Å². The number of carbonyl (C=O) groups is 2. The number of ether oxygens (including phenoxy) is 3. The molecule has 0 saturated carbocycles. The van der Waals surface area contributed by atoms with Crippen molar-refractivity contribution in [2.45, 2.75) is 58.5 Å². The Balaban J connectivity index is 1.49. The van der Waals surface area contributed by atoms with Crippen LogP contribution in [0.25, 0.3) is 12.2 Å². The number of phenolic OH excluding ortho intramolecular Hbond substituents is 1. The number of benzene rings is 2. The summed E-state index contributed by atoms with van der Waals surface area (Å²) in [4.78, 5) is 25.3. The number of quaternary nitrogens is 1. The molecule has 2 aromatic carbocycles. The van der Waals surface area contributed by atoms with E-state index in [1.807, 2.05) is 44.2 Å². The zero-order chi connectivity index (χ0) is 30.8. The number of methoxy groups -OCH3 is 1. The quantitative estimate of drug-likeness (QED) is 0.109. The van der Waals surface area contributed by atoms with E-state index in [9.17, 15) is 14.7 Å². The van der Waals surface area contributed by atoms with E-state index in [1.165, 1.54) is 26.0 Å². The van der Waals surface area contributed by atoms with E-state index < -0.39 is 5.60 Å². The molecule has 3 rings (SSSR count). The van der Waals surface area contributed by atoms with Crippen LogP contribution in [0.3, 0.4) is 0 Å². The van der Waals surface area contributed by atoms with Crippen LogP contribution >= 0.6 is 0 Å². The average molecular weight is 580 g/mol. The molecular weight excluding hydrogens is 532 g/mol. The second kappa shape index (κ2) is 14.9. The Kier molecular flexibility index (Phi) is 11.6. The fraction of sp³-hybridized carbons (Fsp3) is 0.471. The topological polar surface area (TPSA) is 94.1 Å². The van der Waals surface area contributed by atoms with Crippen molar-refractivity contribution in [2.24, 2.45) is 0 Å². The molecule has 2 aromatic rings. The summed E-state index contributed by atoms with van der Waals surface area (Å²) in [6.45, 7) is 8.56. The van der Waals surface area contributed by atoms with Crippen LogP contribution in [0.2, 0.25) is 0 Å². The van der Waals surface area contributed by atoms with Crippen molar-refractivity contribution >= 4 is 23.8 Å². The Morgan fingerprint density at radius 3 is 2.52 bits per heavy atom. The zero-order valence-electron chi connectivity index (χ0n) is 26.0. The number of carbonyl (C=O) groups excluding carboxylic acids is 2. The highest BCUT2D eigenvalue weighted by atomic mass is 16.5. The highest BCUT2D eigenvalue weighted by Gasteiger charge is 2.28. The van der Waals surface area contributed by atoms with E-state index in [0.717, 1.165) is 43.7 Å². The molecule has 0 radical (unpaired) electrons. The van der Waals surface area contributed by atoms with Gasteiger partial charge in [-0.05, 0) is 56.2 Å². The van der Waals surface area contributed by atoms with Gasteiger partial charge < -0.3 is 29.1 Å². The number of ketones is 1. The van der Waals surface area contributed by atoms with Crippen LogP contribution in [-0.4, -0.2) is 74.3 Å². The van der Waals surface area contributed by atoms with Crippen molar-refractivity contribution in [3.05, 3.63) is 59.2 Å². The molecule has 8 nitrogen and oxygen atoms in total. The minimum absolute atomic E-state index is 0.0891. The van der Waals surface area contributed by atoms with Crippen LogP contribution in [-0.2, 0) is 4.79 Å². The first-order chi connectivity index (χ1) is 19.9. The molecule has 0 atom stereocenters. The first kappa shape index (κ1) is 32.7. The van der Waals surface area contributed by atoms with E-state index in [1.54, 1.807) is 18.2 Å². The van der Waals surface area contributed by atoms with Gasteiger partial charge in [0.15, 0.2) is 12.3 Å². The van der Waals surface area contributed by atoms with Crippen LogP contribution in [0.15, 0.2) is 42.5 Å². The van der Waals surface area contributed by atoms with Crippen LogP contribution in [0.4, 0.5) is 0 Å². The summed E-state index contributed by atoms with van der Waals surface area (Å²) in [5.74, 6) is 0.998. The van der Waals surface area contributed by atoms with E-state index >= 15 is 0 Å². The minimum atomic E-state index is -0.521. The van der Waals surface area contributed by atoms with E-state index in [2.05, 4.69) is 26.3 Å². The molecule has 1 heterocycles. The molecule has 0 fully saturated rings. The van der Waals surface area contributed by atoms with Gasteiger partial charge in [-0.2, -0.15) is 0 Å². The van der Waals surface area contributed by atoms with Gasteiger partial charge in [0.25, 0.3) is 5.91 Å².